The number of carbonyl (C=O) groups is 1. The maximum absolute atomic E-state index is 12.5. The molecule has 4 rings (SSSR count). The highest BCUT2D eigenvalue weighted by Crippen LogP contribution is 2.49. The number of oxime groups is 1. The molecule has 8 heteroatoms. The molecule has 31 heavy (non-hydrogen) atoms. The van der Waals surface area contributed by atoms with Gasteiger partial charge in [0, 0.05) is 27.5 Å². The molecule has 0 spiro atoms. The second-order valence-corrected chi connectivity index (χ2v) is 8.52. The topological polar surface area (TPSA) is 81.8 Å². The zero-order valence-electron chi connectivity index (χ0n) is 16.1. The smallest absolute Gasteiger partial charge is 0.313 e. The number of benzene rings is 3. The van der Waals surface area contributed by atoms with Crippen molar-refractivity contribution in [2.24, 2.45) is 11.1 Å². The van der Waals surface area contributed by atoms with Gasteiger partial charge in [0.25, 0.3) is 5.69 Å². The number of hydrogen-bond donors (Lipinski definition) is 0. The molecule has 6 nitrogen and oxygen atoms in total. The Balaban J connectivity index is 1.59. The van der Waals surface area contributed by atoms with E-state index in [9.17, 15) is 14.9 Å². The van der Waals surface area contributed by atoms with Crippen molar-refractivity contribution in [1.82, 2.24) is 0 Å². The van der Waals surface area contributed by atoms with Crippen LogP contribution in [0.25, 0.3) is 0 Å². The van der Waals surface area contributed by atoms with E-state index in [1.807, 2.05) is 48.5 Å². The summed E-state index contributed by atoms with van der Waals surface area (Å²) < 4.78 is 0.925. The van der Waals surface area contributed by atoms with Crippen molar-refractivity contribution in [3.63, 3.8) is 0 Å². The number of nitro benzene ring substituents is 1. The Kier molecular flexibility index (Phi) is 6.15. The second kappa shape index (κ2) is 8.99. The zero-order chi connectivity index (χ0) is 22.0. The molecule has 0 saturated heterocycles. The minimum absolute atomic E-state index is 0.0677. The first-order valence-corrected chi connectivity index (χ1v) is 10.6. The van der Waals surface area contributed by atoms with Gasteiger partial charge >= 0.3 is 5.97 Å². The maximum Gasteiger partial charge on any atom is 0.365 e. The SMILES string of the molecule is O=C(O/N=C(\c1ccc(Br)cc1)C1CC1c1ccc(Cl)cc1)c1cccc([N+](=O)[O-])c1. The standard InChI is InChI=1S/C23H16BrClN2O4/c24-17-8-4-15(5-9-17)22(21-13-20(21)14-6-10-18(25)11-7-14)26-31-23(28)16-2-1-3-19(12-16)27(29)30/h1-12,20-21H,13H2/b26-22+. The van der Waals surface area contributed by atoms with Crippen LogP contribution in [-0.4, -0.2) is 16.6 Å². The number of hydrogen-bond acceptors (Lipinski definition) is 5. The van der Waals surface area contributed by atoms with Crippen LogP contribution in [0.2, 0.25) is 5.02 Å². The summed E-state index contributed by atoms with van der Waals surface area (Å²) in [5.41, 5.74) is 2.53. The lowest BCUT2D eigenvalue weighted by Gasteiger charge is -2.07. The van der Waals surface area contributed by atoms with Crippen molar-refractivity contribution in [2.75, 3.05) is 0 Å². The normalized spacial score (nSPS) is 17.8. The molecule has 156 valence electrons. The van der Waals surface area contributed by atoms with Crippen LogP contribution >= 0.6 is 27.5 Å². The molecule has 2 atom stereocenters. The predicted molar refractivity (Wildman–Crippen MR) is 121 cm³/mol. The fourth-order valence-electron chi connectivity index (χ4n) is 3.42. The minimum atomic E-state index is -0.748. The van der Waals surface area contributed by atoms with E-state index in [1.54, 1.807) is 0 Å². The van der Waals surface area contributed by atoms with E-state index >= 15 is 0 Å². The monoisotopic (exact) mass is 498 g/mol. The number of carbonyl (C=O) groups excluding carboxylic acids is 1. The molecular weight excluding hydrogens is 484 g/mol. The molecule has 1 aliphatic rings. The van der Waals surface area contributed by atoms with Crippen LogP contribution in [0.1, 0.15) is 33.8 Å². The van der Waals surface area contributed by atoms with E-state index in [0.29, 0.717) is 10.7 Å². The molecule has 0 amide bonds. The molecule has 2 unspecified atom stereocenters. The van der Waals surface area contributed by atoms with Crippen molar-refractivity contribution in [2.45, 2.75) is 12.3 Å². The summed E-state index contributed by atoms with van der Waals surface area (Å²) in [6.07, 6.45) is 0.866. The Morgan fingerprint density at radius 3 is 2.45 bits per heavy atom. The van der Waals surface area contributed by atoms with Gasteiger partial charge in [0.2, 0.25) is 0 Å². The molecule has 1 aliphatic carbocycles. The Morgan fingerprint density at radius 1 is 1.06 bits per heavy atom. The first-order valence-electron chi connectivity index (χ1n) is 9.47. The lowest BCUT2D eigenvalue weighted by molar-refractivity contribution is -0.384. The number of halogens is 2. The molecule has 0 bridgehead atoms. The summed E-state index contributed by atoms with van der Waals surface area (Å²) in [6, 6.07) is 20.7. The van der Waals surface area contributed by atoms with E-state index in [1.165, 1.54) is 24.3 Å². The quantitative estimate of drug-likeness (QED) is 0.171. The van der Waals surface area contributed by atoms with Gasteiger partial charge in [-0.3, -0.25) is 10.1 Å². The minimum Gasteiger partial charge on any atom is -0.313 e. The molecule has 0 aromatic heterocycles. The third kappa shape index (κ3) is 5.00. The Morgan fingerprint density at radius 2 is 1.77 bits per heavy atom. The van der Waals surface area contributed by atoms with Gasteiger partial charge in [0.05, 0.1) is 16.2 Å². The average Bonchev–Trinajstić information content (AvgIpc) is 3.56. The molecule has 0 aliphatic heterocycles. The number of nitro groups is 1. The zero-order valence-corrected chi connectivity index (χ0v) is 18.4. The van der Waals surface area contributed by atoms with Crippen LogP contribution in [0.3, 0.4) is 0 Å². The Hall–Kier alpha value is -3.03. The van der Waals surface area contributed by atoms with Gasteiger partial charge in [-0.1, -0.05) is 63.0 Å². The first-order chi connectivity index (χ1) is 14.9. The third-order valence-electron chi connectivity index (χ3n) is 5.10. The molecule has 3 aromatic rings. The Bertz CT molecular complexity index is 1160. The maximum atomic E-state index is 12.5. The van der Waals surface area contributed by atoms with E-state index in [0.717, 1.165) is 22.0 Å². The van der Waals surface area contributed by atoms with Crippen LogP contribution in [-0.2, 0) is 4.84 Å². The van der Waals surface area contributed by atoms with Crippen molar-refractivity contribution < 1.29 is 14.6 Å². The van der Waals surface area contributed by atoms with Crippen LogP contribution in [0.15, 0.2) is 82.4 Å². The van der Waals surface area contributed by atoms with Crippen molar-refractivity contribution >= 4 is 44.9 Å². The highest BCUT2D eigenvalue weighted by Gasteiger charge is 2.43. The van der Waals surface area contributed by atoms with Gasteiger partial charge in [-0.2, -0.15) is 0 Å². The molecule has 0 N–H and O–H groups in total. The van der Waals surface area contributed by atoms with Gasteiger partial charge in [0.15, 0.2) is 0 Å². The van der Waals surface area contributed by atoms with Crippen LogP contribution in [0.5, 0.6) is 0 Å². The summed E-state index contributed by atoms with van der Waals surface area (Å²) in [5, 5.41) is 15.8. The summed E-state index contributed by atoms with van der Waals surface area (Å²) >= 11 is 9.41. The predicted octanol–water partition coefficient (Wildman–Crippen LogP) is 6.38. The lowest BCUT2D eigenvalue weighted by Crippen LogP contribution is -2.09. The van der Waals surface area contributed by atoms with Crippen LogP contribution in [0.4, 0.5) is 5.69 Å². The van der Waals surface area contributed by atoms with Crippen molar-refractivity contribution in [1.29, 1.82) is 0 Å². The molecule has 0 heterocycles. The van der Waals surface area contributed by atoms with E-state index in [-0.39, 0.29) is 23.1 Å². The van der Waals surface area contributed by atoms with Gasteiger partial charge < -0.3 is 4.84 Å². The van der Waals surface area contributed by atoms with Crippen molar-refractivity contribution in [3.8, 4) is 0 Å². The Labute approximate surface area is 191 Å². The summed E-state index contributed by atoms with van der Waals surface area (Å²) in [6.45, 7) is 0. The van der Waals surface area contributed by atoms with E-state index in [4.69, 9.17) is 16.4 Å². The summed E-state index contributed by atoms with van der Waals surface area (Å²) in [4.78, 5) is 28.1. The highest BCUT2D eigenvalue weighted by atomic mass is 79.9. The summed E-state index contributed by atoms with van der Waals surface area (Å²) in [7, 11) is 0. The van der Waals surface area contributed by atoms with Gasteiger partial charge in [0.1, 0.15) is 0 Å². The summed E-state index contributed by atoms with van der Waals surface area (Å²) in [5.74, 6) is -0.418. The fourth-order valence-corrected chi connectivity index (χ4v) is 3.81. The van der Waals surface area contributed by atoms with Gasteiger partial charge in [-0.05, 0) is 53.8 Å². The van der Waals surface area contributed by atoms with E-state index < -0.39 is 10.9 Å². The van der Waals surface area contributed by atoms with Gasteiger partial charge in [-0.25, -0.2) is 4.79 Å². The second-order valence-electron chi connectivity index (χ2n) is 7.17. The van der Waals surface area contributed by atoms with Crippen molar-refractivity contribution in [3.05, 3.63) is 109 Å². The molecule has 1 saturated carbocycles. The van der Waals surface area contributed by atoms with Gasteiger partial charge in [-0.15, -0.1) is 0 Å². The van der Waals surface area contributed by atoms with Crippen LogP contribution in [0, 0.1) is 16.0 Å². The van der Waals surface area contributed by atoms with Crippen LogP contribution < -0.4 is 0 Å². The van der Waals surface area contributed by atoms with E-state index in [2.05, 4.69) is 21.1 Å². The fraction of sp³-hybridized carbons (Fsp3) is 0.130. The highest BCUT2D eigenvalue weighted by molar-refractivity contribution is 9.10. The third-order valence-corrected chi connectivity index (χ3v) is 5.88. The largest absolute Gasteiger partial charge is 0.365 e. The lowest BCUT2D eigenvalue weighted by atomic mass is 10.0. The molecule has 1 fully saturated rings. The number of nitrogens with zero attached hydrogens (tertiary/aromatic N) is 2. The number of non-ortho nitro benzene ring substituents is 1. The molecular formula is C23H16BrClN2O4. The average molecular weight is 500 g/mol. The molecule has 0 radical (unpaired) electrons. The first kappa shape index (κ1) is 21.2. The number of rotatable bonds is 6. The molecule has 3 aromatic carbocycles.